The second-order valence-electron chi connectivity index (χ2n) is 4.85. The molecule has 1 nitrogen and oxygen atoms in total. The van der Waals surface area contributed by atoms with Crippen molar-refractivity contribution in [2.24, 2.45) is 11.1 Å². The van der Waals surface area contributed by atoms with Crippen LogP contribution in [0.5, 0.6) is 0 Å². The van der Waals surface area contributed by atoms with E-state index in [0.717, 1.165) is 12.1 Å². The van der Waals surface area contributed by atoms with Crippen LogP contribution in [0, 0.1) is 5.41 Å². The van der Waals surface area contributed by atoms with Crippen molar-refractivity contribution in [2.75, 3.05) is 6.54 Å². The van der Waals surface area contributed by atoms with E-state index < -0.39 is 11.7 Å². The third-order valence-corrected chi connectivity index (χ3v) is 2.96. The maximum atomic E-state index is 12.5. The van der Waals surface area contributed by atoms with Crippen molar-refractivity contribution >= 4 is 11.6 Å². The molecule has 5 heteroatoms. The van der Waals surface area contributed by atoms with Crippen LogP contribution in [0.4, 0.5) is 13.2 Å². The highest BCUT2D eigenvalue weighted by atomic mass is 35.5. The smallest absolute Gasteiger partial charge is 0.330 e. The largest absolute Gasteiger partial charge is 0.416 e. The van der Waals surface area contributed by atoms with Gasteiger partial charge in [0.15, 0.2) is 0 Å². The van der Waals surface area contributed by atoms with Gasteiger partial charge in [-0.25, -0.2) is 0 Å². The molecule has 96 valence electrons. The lowest BCUT2D eigenvalue weighted by Gasteiger charge is -2.23. The quantitative estimate of drug-likeness (QED) is 0.882. The molecule has 0 heterocycles. The molecule has 0 saturated carbocycles. The first-order valence-electron chi connectivity index (χ1n) is 5.21. The van der Waals surface area contributed by atoms with E-state index in [0.29, 0.717) is 23.6 Å². The molecule has 0 radical (unpaired) electrons. The van der Waals surface area contributed by atoms with Crippen molar-refractivity contribution in [1.29, 1.82) is 0 Å². The van der Waals surface area contributed by atoms with Crippen LogP contribution in [0.25, 0.3) is 0 Å². The number of alkyl halides is 3. The van der Waals surface area contributed by atoms with E-state index in [2.05, 4.69) is 0 Å². The van der Waals surface area contributed by atoms with Gasteiger partial charge in [0.05, 0.1) is 5.56 Å². The first-order chi connectivity index (χ1) is 7.65. The highest BCUT2D eigenvalue weighted by molar-refractivity contribution is 6.31. The molecule has 0 atom stereocenters. The Morgan fingerprint density at radius 2 is 1.82 bits per heavy atom. The summed E-state index contributed by atoms with van der Waals surface area (Å²) >= 11 is 5.90. The molecule has 17 heavy (non-hydrogen) atoms. The standard InChI is InChI=1S/C12H15ClF3N/c1-11(2,7-17)6-8-5-9(12(14,15)16)3-4-10(8)13/h3-5H,6-7,17H2,1-2H3. The maximum absolute atomic E-state index is 12.5. The Kier molecular flexibility index (Phi) is 4.10. The van der Waals surface area contributed by atoms with Gasteiger partial charge in [-0.2, -0.15) is 13.2 Å². The molecule has 0 aliphatic heterocycles. The predicted octanol–water partition coefficient (Wildman–Crippen LogP) is 3.89. The number of halogens is 4. The molecule has 1 aromatic carbocycles. The molecule has 2 N–H and O–H groups in total. The van der Waals surface area contributed by atoms with Crippen LogP contribution in [0.15, 0.2) is 18.2 Å². The van der Waals surface area contributed by atoms with Gasteiger partial charge >= 0.3 is 6.18 Å². The molecular weight excluding hydrogens is 251 g/mol. The van der Waals surface area contributed by atoms with Gasteiger partial charge < -0.3 is 5.73 Å². The highest BCUT2D eigenvalue weighted by Gasteiger charge is 2.31. The van der Waals surface area contributed by atoms with Crippen molar-refractivity contribution in [3.63, 3.8) is 0 Å². The van der Waals surface area contributed by atoms with Crippen molar-refractivity contribution in [3.05, 3.63) is 34.3 Å². The number of hydrogen-bond acceptors (Lipinski definition) is 1. The van der Waals surface area contributed by atoms with Gasteiger partial charge in [0, 0.05) is 5.02 Å². The van der Waals surface area contributed by atoms with Gasteiger partial charge in [-0.15, -0.1) is 0 Å². The summed E-state index contributed by atoms with van der Waals surface area (Å²) in [5, 5.41) is 0.347. The van der Waals surface area contributed by atoms with Gasteiger partial charge in [0.2, 0.25) is 0 Å². The average Bonchev–Trinajstić information content (AvgIpc) is 2.19. The van der Waals surface area contributed by atoms with Crippen molar-refractivity contribution < 1.29 is 13.2 Å². The Balaban J connectivity index is 3.08. The second kappa shape index (κ2) is 4.86. The van der Waals surface area contributed by atoms with Gasteiger partial charge in [-0.3, -0.25) is 0 Å². The molecule has 0 aliphatic carbocycles. The van der Waals surface area contributed by atoms with Crippen molar-refractivity contribution in [2.45, 2.75) is 26.4 Å². The lowest BCUT2D eigenvalue weighted by atomic mass is 9.85. The summed E-state index contributed by atoms with van der Waals surface area (Å²) in [5.41, 5.74) is 5.10. The van der Waals surface area contributed by atoms with Gasteiger partial charge in [0.1, 0.15) is 0 Å². The number of rotatable bonds is 3. The zero-order valence-corrected chi connectivity index (χ0v) is 10.5. The molecule has 0 amide bonds. The fourth-order valence-electron chi connectivity index (χ4n) is 1.47. The first kappa shape index (κ1) is 14.3. The monoisotopic (exact) mass is 265 g/mol. The third-order valence-electron chi connectivity index (χ3n) is 2.59. The van der Waals surface area contributed by atoms with Crippen molar-refractivity contribution in [3.8, 4) is 0 Å². The van der Waals surface area contributed by atoms with Gasteiger partial charge in [-0.05, 0) is 42.1 Å². The Morgan fingerprint density at radius 1 is 1.24 bits per heavy atom. The van der Waals surface area contributed by atoms with Crippen LogP contribution in [0.2, 0.25) is 5.02 Å². The van der Waals surface area contributed by atoms with E-state index in [-0.39, 0.29) is 5.41 Å². The van der Waals surface area contributed by atoms with Crippen molar-refractivity contribution in [1.82, 2.24) is 0 Å². The molecule has 1 aromatic rings. The Bertz CT molecular complexity index is 399. The van der Waals surface area contributed by atoms with E-state index in [9.17, 15) is 13.2 Å². The van der Waals surface area contributed by atoms with E-state index >= 15 is 0 Å². The van der Waals surface area contributed by atoms with Gasteiger partial charge in [0.25, 0.3) is 0 Å². The maximum Gasteiger partial charge on any atom is 0.416 e. The summed E-state index contributed by atoms with van der Waals surface area (Å²) in [6, 6.07) is 3.37. The SMILES string of the molecule is CC(C)(CN)Cc1cc(C(F)(F)F)ccc1Cl. The summed E-state index contributed by atoms with van der Waals surface area (Å²) in [6.45, 7) is 4.17. The van der Waals surface area contributed by atoms with Crippen LogP contribution < -0.4 is 5.73 Å². The second-order valence-corrected chi connectivity index (χ2v) is 5.26. The zero-order chi connectivity index (χ0) is 13.3. The van der Waals surface area contributed by atoms with Crippen LogP contribution in [-0.4, -0.2) is 6.54 Å². The number of hydrogen-bond donors (Lipinski definition) is 1. The molecular formula is C12H15ClF3N. The van der Waals surface area contributed by atoms with E-state index in [1.165, 1.54) is 6.07 Å². The molecule has 0 saturated heterocycles. The molecule has 0 aliphatic rings. The van der Waals surface area contributed by atoms with Crippen LogP contribution in [0.1, 0.15) is 25.0 Å². The molecule has 0 fully saturated rings. The van der Waals surface area contributed by atoms with E-state index in [1.807, 2.05) is 13.8 Å². The minimum atomic E-state index is -4.34. The summed E-state index contributed by atoms with van der Waals surface area (Å²) in [5.74, 6) is 0. The topological polar surface area (TPSA) is 26.0 Å². The van der Waals surface area contributed by atoms with E-state index in [4.69, 9.17) is 17.3 Å². The fraction of sp³-hybridized carbons (Fsp3) is 0.500. The Labute approximate surface area is 104 Å². The molecule has 0 bridgehead atoms. The number of nitrogens with two attached hydrogens (primary N) is 1. The Morgan fingerprint density at radius 3 is 2.29 bits per heavy atom. The fourth-order valence-corrected chi connectivity index (χ4v) is 1.66. The normalized spacial score (nSPS) is 12.9. The molecule has 0 spiro atoms. The first-order valence-corrected chi connectivity index (χ1v) is 5.59. The zero-order valence-electron chi connectivity index (χ0n) is 9.74. The third kappa shape index (κ3) is 3.89. The number of benzene rings is 1. The minimum absolute atomic E-state index is 0.270. The summed E-state index contributed by atoms with van der Waals surface area (Å²) < 4.78 is 37.6. The average molecular weight is 266 g/mol. The minimum Gasteiger partial charge on any atom is -0.330 e. The molecule has 0 aromatic heterocycles. The molecule has 1 rings (SSSR count). The van der Waals surface area contributed by atoms with Crippen LogP contribution >= 0.6 is 11.6 Å². The summed E-state index contributed by atoms with van der Waals surface area (Å²) in [6.07, 6.45) is -3.92. The molecule has 0 unspecified atom stereocenters. The highest BCUT2D eigenvalue weighted by Crippen LogP contribution is 2.33. The summed E-state index contributed by atoms with van der Waals surface area (Å²) in [7, 11) is 0. The summed E-state index contributed by atoms with van der Waals surface area (Å²) in [4.78, 5) is 0. The van der Waals surface area contributed by atoms with Gasteiger partial charge in [-0.1, -0.05) is 25.4 Å². The Hall–Kier alpha value is -0.740. The predicted molar refractivity (Wildman–Crippen MR) is 63.0 cm³/mol. The van der Waals surface area contributed by atoms with E-state index in [1.54, 1.807) is 0 Å². The van der Waals surface area contributed by atoms with Crippen LogP contribution in [0.3, 0.4) is 0 Å². The lowest BCUT2D eigenvalue weighted by molar-refractivity contribution is -0.137. The van der Waals surface area contributed by atoms with Crippen LogP contribution in [-0.2, 0) is 12.6 Å². The lowest BCUT2D eigenvalue weighted by Crippen LogP contribution is -2.26.